The summed E-state index contributed by atoms with van der Waals surface area (Å²) in [6.07, 6.45) is 6.60. The molecule has 2 amide bonds. The van der Waals surface area contributed by atoms with Crippen LogP contribution < -0.4 is 15.4 Å². The van der Waals surface area contributed by atoms with Crippen LogP contribution in [-0.4, -0.2) is 55.2 Å². The van der Waals surface area contributed by atoms with E-state index in [1.807, 2.05) is 6.07 Å². The van der Waals surface area contributed by atoms with Gasteiger partial charge in [0.05, 0.1) is 24.0 Å². The normalized spacial score (nSPS) is 22.1. The molecular formula is C27H32N4O5S. The Morgan fingerprint density at radius 2 is 1.86 bits per heavy atom. The lowest BCUT2D eigenvalue weighted by atomic mass is 9.98. The molecule has 0 spiro atoms. The van der Waals surface area contributed by atoms with Gasteiger partial charge in [0, 0.05) is 30.9 Å². The first-order chi connectivity index (χ1) is 17.9. The SMILES string of the molecule is O=C(C[C@@H]1C(=O)NC=CN1S(=O)(=O)c1ccccc1)N[C@@H]1CCOc2cc(CN3CCCCC3)ccc21. The number of rotatable bonds is 7. The Kier molecular flexibility index (Phi) is 7.48. The van der Waals surface area contributed by atoms with Crippen molar-refractivity contribution in [3.8, 4) is 5.75 Å². The Balaban J connectivity index is 1.28. The van der Waals surface area contributed by atoms with E-state index < -0.39 is 27.9 Å². The number of benzene rings is 2. The van der Waals surface area contributed by atoms with Gasteiger partial charge in [-0.25, -0.2) is 8.42 Å². The first kappa shape index (κ1) is 25.3. The number of carbonyl (C=O) groups is 2. The highest BCUT2D eigenvalue weighted by atomic mass is 32.2. The predicted molar refractivity (Wildman–Crippen MR) is 138 cm³/mol. The highest BCUT2D eigenvalue weighted by Gasteiger charge is 2.37. The fourth-order valence-electron chi connectivity index (χ4n) is 5.14. The van der Waals surface area contributed by atoms with Gasteiger partial charge in [0.25, 0.3) is 10.0 Å². The molecule has 3 aliphatic heterocycles. The first-order valence-electron chi connectivity index (χ1n) is 12.7. The van der Waals surface area contributed by atoms with Gasteiger partial charge < -0.3 is 15.4 Å². The quantitative estimate of drug-likeness (QED) is 0.577. The van der Waals surface area contributed by atoms with E-state index in [0.717, 1.165) is 35.3 Å². The molecule has 0 bridgehead atoms. The zero-order valence-electron chi connectivity index (χ0n) is 20.6. The van der Waals surface area contributed by atoms with E-state index in [2.05, 4.69) is 27.7 Å². The molecule has 0 aliphatic carbocycles. The van der Waals surface area contributed by atoms with Crippen LogP contribution in [-0.2, 0) is 26.2 Å². The van der Waals surface area contributed by atoms with Crippen molar-refractivity contribution in [1.29, 1.82) is 0 Å². The summed E-state index contributed by atoms with van der Waals surface area (Å²) in [5.74, 6) is -0.191. The minimum absolute atomic E-state index is 0.0541. The number of nitrogens with one attached hydrogen (secondary N) is 2. The van der Waals surface area contributed by atoms with Gasteiger partial charge in [-0.2, -0.15) is 0 Å². The zero-order chi connectivity index (χ0) is 25.8. The van der Waals surface area contributed by atoms with Crippen LogP contribution in [0.4, 0.5) is 0 Å². The summed E-state index contributed by atoms with van der Waals surface area (Å²) < 4.78 is 33.3. The van der Waals surface area contributed by atoms with Crippen LogP contribution in [0.5, 0.6) is 5.75 Å². The second kappa shape index (κ2) is 10.9. The molecule has 0 aromatic heterocycles. The number of fused-ring (bicyclic) bond motifs is 1. The molecular weight excluding hydrogens is 492 g/mol. The number of sulfonamides is 1. The topological polar surface area (TPSA) is 108 Å². The molecule has 10 heteroatoms. The van der Waals surface area contributed by atoms with E-state index in [-0.39, 0.29) is 17.4 Å². The number of nitrogens with zero attached hydrogens (tertiary/aromatic N) is 2. The molecule has 2 atom stereocenters. The fourth-order valence-corrected chi connectivity index (χ4v) is 6.61. The minimum Gasteiger partial charge on any atom is -0.493 e. The second-order valence-electron chi connectivity index (χ2n) is 9.66. The molecule has 1 saturated heterocycles. The van der Waals surface area contributed by atoms with Gasteiger partial charge in [-0.05, 0) is 49.7 Å². The number of likely N-dealkylation sites (tertiary alicyclic amines) is 1. The fraction of sp³-hybridized carbons (Fsp3) is 0.407. The minimum atomic E-state index is -4.01. The molecule has 1 fully saturated rings. The van der Waals surface area contributed by atoms with Crippen molar-refractivity contribution < 1.29 is 22.7 Å². The molecule has 9 nitrogen and oxygen atoms in total. The van der Waals surface area contributed by atoms with Crippen molar-refractivity contribution in [2.75, 3.05) is 19.7 Å². The zero-order valence-corrected chi connectivity index (χ0v) is 21.5. The van der Waals surface area contributed by atoms with Crippen molar-refractivity contribution in [3.63, 3.8) is 0 Å². The lowest BCUT2D eigenvalue weighted by molar-refractivity contribution is -0.129. The highest BCUT2D eigenvalue weighted by molar-refractivity contribution is 7.89. The van der Waals surface area contributed by atoms with Gasteiger partial charge in [0.15, 0.2) is 0 Å². The van der Waals surface area contributed by atoms with Crippen LogP contribution in [0.15, 0.2) is 65.8 Å². The summed E-state index contributed by atoms with van der Waals surface area (Å²) in [5.41, 5.74) is 2.07. The summed E-state index contributed by atoms with van der Waals surface area (Å²) in [6, 6.07) is 12.5. The summed E-state index contributed by atoms with van der Waals surface area (Å²) in [4.78, 5) is 28.2. The molecule has 2 aromatic rings. The summed E-state index contributed by atoms with van der Waals surface area (Å²) in [7, 11) is -4.01. The average molecular weight is 525 g/mol. The Hall–Kier alpha value is -3.37. The summed E-state index contributed by atoms with van der Waals surface area (Å²) >= 11 is 0. The van der Waals surface area contributed by atoms with Crippen molar-refractivity contribution >= 4 is 21.8 Å². The van der Waals surface area contributed by atoms with Gasteiger partial charge >= 0.3 is 0 Å². The molecule has 0 radical (unpaired) electrons. The maximum absolute atomic E-state index is 13.2. The number of carbonyl (C=O) groups excluding carboxylic acids is 2. The van der Waals surface area contributed by atoms with Crippen LogP contribution in [0.2, 0.25) is 0 Å². The molecule has 196 valence electrons. The Bertz CT molecular complexity index is 1270. The van der Waals surface area contributed by atoms with E-state index in [1.54, 1.807) is 18.2 Å². The van der Waals surface area contributed by atoms with Crippen molar-refractivity contribution in [2.24, 2.45) is 0 Å². The van der Waals surface area contributed by atoms with Crippen LogP contribution >= 0.6 is 0 Å². The molecule has 0 unspecified atom stereocenters. The Morgan fingerprint density at radius 3 is 2.65 bits per heavy atom. The van der Waals surface area contributed by atoms with E-state index >= 15 is 0 Å². The third kappa shape index (κ3) is 5.65. The van der Waals surface area contributed by atoms with Gasteiger partial charge in [-0.15, -0.1) is 0 Å². The van der Waals surface area contributed by atoms with Gasteiger partial charge in [-0.1, -0.05) is 36.8 Å². The average Bonchev–Trinajstić information content (AvgIpc) is 2.91. The molecule has 0 saturated carbocycles. The first-order valence-corrected chi connectivity index (χ1v) is 14.2. The standard InChI is InChI=1S/C27H32N4O5S/c32-26(18-24-27(33)28-12-15-31(24)37(34,35)21-7-3-1-4-8-21)29-23-11-16-36-25-17-20(9-10-22(23)25)19-30-13-5-2-6-14-30/h1,3-4,7-10,12,15,17,23-24H,2,5-6,11,13-14,16,18-19H2,(H,28,33)(H,29,32)/t23-,24-/m1/s1. The third-order valence-corrected chi connectivity index (χ3v) is 8.86. The number of amides is 2. The number of piperidine rings is 1. The number of hydrogen-bond acceptors (Lipinski definition) is 6. The lowest BCUT2D eigenvalue weighted by Crippen LogP contribution is -2.51. The number of hydrogen-bond donors (Lipinski definition) is 2. The van der Waals surface area contributed by atoms with Gasteiger partial charge in [0.2, 0.25) is 11.8 Å². The molecule has 2 N–H and O–H groups in total. The van der Waals surface area contributed by atoms with E-state index in [9.17, 15) is 18.0 Å². The largest absolute Gasteiger partial charge is 0.493 e. The monoisotopic (exact) mass is 524 g/mol. The van der Waals surface area contributed by atoms with Crippen molar-refractivity contribution in [2.45, 2.75) is 55.6 Å². The maximum atomic E-state index is 13.2. The van der Waals surface area contributed by atoms with E-state index in [4.69, 9.17) is 4.74 Å². The summed E-state index contributed by atoms with van der Waals surface area (Å²) in [5, 5.41) is 5.52. The van der Waals surface area contributed by atoms with E-state index in [1.165, 1.54) is 49.4 Å². The van der Waals surface area contributed by atoms with Crippen LogP contribution in [0.1, 0.15) is 49.3 Å². The van der Waals surface area contributed by atoms with Crippen LogP contribution in [0.25, 0.3) is 0 Å². The molecule has 5 rings (SSSR count). The van der Waals surface area contributed by atoms with Crippen LogP contribution in [0.3, 0.4) is 0 Å². The maximum Gasteiger partial charge on any atom is 0.264 e. The molecule has 2 aromatic carbocycles. The Labute approximate surface area is 217 Å². The van der Waals surface area contributed by atoms with Crippen molar-refractivity contribution in [1.82, 2.24) is 19.8 Å². The van der Waals surface area contributed by atoms with Gasteiger partial charge in [-0.3, -0.25) is 18.8 Å². The van der Waals surface area contributed by atoms with Crippen LogP contribution in [0, 0.1) is 0 Å². The molecule has 3 heterocycles. The lowest BCUT2D eigenvalue weighted by Gasteiger charge is -2.32. The Morgan fingerprint density at radius 1 is 1.08 bits per heavy atom. The third-order valence-electron chi connectivity index (χ3n) is 7.06. The second-order valence-corrected chi connectivity index (χ2v) is 11.5. The predicted octanol–water partition coefficient (Wildman–Crippen LogP) is 2.66. The van der Waals surface area contributed by atoms with Gasteiger partial charge in [0.1, 0.15) is 11.8 Å². The smallest absolute Gasteiger partial charge is 0.264 e. The van der Waals surface area contributed by atoms with Crippen molar-refractivity contribution in [3.05, 3.63) is 72.1 Å². The number of ether oxygens (including phenoxy) is 1. The molecule has 3 aliphatic rings. The summed E-state index contributed by atoms with van der Waals surface area (Å²) in [6.45, 7) is 3.56. The highest BCUT2D eigenvalue weighted by Crippen LogP contribution is 2.33. The molecule has 37 heavy (non-hydrogen) atoms. The van der Waals surface area contributed by atoms with E-state index in [0.29, 0.717) is 13.0 Å².